The first-order chi connectivity index (χ1) is 28.8. The minimum absolute atomic E-state index is 1.10. The lowest BCUT2D eigenvalue weighted by molar-refractivity contribution is 1.18. The van der Waals surface area contributed by atoms with E-state index in [0.717, 1.165) is 22.7 Å². The summed E-state index contributed by atoms with van der Waals surface area (Å²) in [5.74, 6) is 0. The second kappa shape index (κ2) is 13.3. The summed E-state index contributed by atoms with van der Waals surface area (Å²) in [5, 5.41) is 7.68. The number of benzene rings is 9. The SMILES string of the molecule is c1ccc(-n2c3ccccc3c3ccc(N(c4ccccc4-c4ccc5sc6ccccc6c5c4)c4ccccc4-c4cccc5c4sc4ccccc45)cc32)cc1. The number of hydrogen-bond acceptors (Lipinski definition) is 3. The van der Waals surface area contributed by atoms with Gasteiger partial charge in [-0.2, -0.15) is 0 Å². The standard InChI is InChI=1S/C54H34N2S2/c1-2-15-36(16-3-1)55-48-25-10-5-18-39(48)41-31-30-37(34-50(41)55)56(47-24-9-4-17-38(47)35-29-32-53-46(33-35)43-21-8-12-27-51(43)57-53)49-26-11-6-19-40(49)44-22-14-23-45-42-20-7-13-28-52(42)58-54(44)45/h1-34H. The first-order valence-corrected chi connectivity index (χ1v) is 21.3. The van der Waals surface area contributed by atoms with Crippen LogP contribution in [0.25, 0.3) is 90.1 Å². The van der Waals surface area contributed by atoms with Crippen molar-refractivity contribution < 1.29 is 0 Å². The highest BCUT2D eigenvalue weighted by Gasteiger charge is 2.24. The second-order valence-electron chi connectivity index (χ2n) is 14.8. The molecule has 0 aliphatic carbocycles. The predicted octanol–water partition coefficient (Wildman–Crippen LogP) is 16.3. The van der Waals surface area contributed by atoms with Crippen molar-refractivity contribution in [3.05, 3.63) is 206 Å². The van der Waals surface area contributed by atoms with Crippen LogP contribution >= 0.6 is 22.7 Å². The Morgan fingerprint density at radius 3 is 1.76 bits per heavy atom. The molecule has 12 rings (SSSR count). The average molecular weight is 775 g/mol. The quantitative estimate of drug-likeness (QED) is 0.163. The highest BCUT2D eigenvalue weighted by Crippen LogP contribution is 2.49. The van der Waals surface area contributed by atoms with Crippen LogP contribution in [0.5, 0.6) is 0 Å². The number of rotatable bonds is 6. The maximum absolute atomic E-state index is 2.50. The van der Waals surface area contributed by atoms with E-state index in [2.05, 4.69) is 216 Å². The number of para-hydroxylation sites is 4. The van der Waals surface area contributed by atoms with E-state index in [1.165, 1.54) is 84.4 Å². The summed E-state index contributed by atoms with van der Waals surface area (Å²) in [6.07, 6.45) is 0. The van der Waals surface area contributed by atoms with Gasteiger partial charge >= 0.3 is 0 Å². The molecule has 0 aliphatic heterocycles. The fourth-order valence-electron chi connectivity index (χ4n) is 9.02. The van der Waals surface area contributed by atoms with Gasteiger partial charge in [0.15, 0.2) is 0 Å². The summed E-state index contributed by atoms with van der Waals surface area (Å²) in [5.41, 5.74) is 11.7. The molecule has 0 unspecified atom stereocenters. The largest absolute Gasteiger partial charge is 0.309 e. The van der Waals surface area contributed by atoms with Crippen molar-refractivity contribution in [3.8, 4) is 27.9 Å². The normalized spacial score (nSPS) is 11.8. The molecule has 0 saturated carbocycles. The van der Waals surface area contributed by atoms with Gasteiger partial charge in [0.25, 0.3) is 0 Å². The maximum atomic E-state index is 2.50. The van der Waals surface area contributed by atoms with Crippen LogP contribution in [0.4, 0.5) is 17.1 Å². The minimum atomic E-state index is 1.10. The Labute approximate surface area is 343 Å². The highest BCUT2D eigenvalue weighted by atomic mass is 32.1. The molecule has 0 fully saturated rings. The van der Waals surface area contributed by atoms with Gasteiger partial charge in [-0.15, -0.1) is 22.7 Å². The summed E-state index contributed by atoms with van der Waals surface area (Å²) in [6.45, 7) is 0. The van der Waals surface area contributed by atoms with Gasteiger partial charge in [0.1, 0.15) is 0 Å². The molecule has 0 atom stereocenters. The molecule has 0 N–H and O–H groups in total. The molecular weight excluding hydrogens is 741 g/mol. The lowest BCUT2D eigenvalue weighted by atomic mass is 9.97. The molecule has 0 amide bonds. The van der Waals surface area contributed by atoms with Gasteiger partial charge in [-0.05, 0) is 72.3 Å². The number of thiophene rings is 2. The Hall–Kier alpha value is -6.98. The van der Waals surface area contributed by atoms with Gasteiger partial charge in [-0.1, -0.05) is 140 Å². The van der Waals surface area contributed by atoms with E-state index < -0.39 is 0 Å². The zero-order chi connectivity index (χ0) is 38.2. The van der Waals surface area contributed by atoms with E-state index in [9.17, 15) is 0 Å². The molecule has 0 aliphatic rings. The Bertz CT molecular complexity index is 3530. The summed E-state index contributed by atoms with van der Waals surface area (Å²) in [4.78, 5) is 2.50. The maximum Gasteiger partial charge on any atom is 0.0561 e. The van der Waals surface area contributed by atoms with Crippen molar-refractivity contribution in [2.75, 3.05) is 4.90 Å². The van der Waals surface area contributed by atoms with E-state index in [-0.39, 0.29) is 0 Å². The van der Waals surface area contributed by atoms with Crippen molar-refractivity contribution in [1.82, 2.24) is 4.57 Å². The van der Waals surface area contributed by atoms with Crippen molar-refractivity contribution in [2.45, 2.75) is 0 Å². The number of fused-ring (bicyclic) bond motifs is 9. The molecule has 0 saturated heterocycles. The third kappa shape index (κ3) is 5.16. The van der Waals surface area contributed by atoms with Crippen molar-refractivity contribution in [2.24, 2.45) is 0 Å². The molecule has 4 heteroatoms. The topological polar surface area (TPSA) is 8.17 Å². The zero-order valence-corrected chi connectivity index (χ0v) is 33.0. The third-order valence-electron chi connectivity index (χ3n) is 11.6. The van der Waals surface area contributed by atoms with Crippen LogP contribution in [-0.2, 0) is 0 Å². The molecular formula is C54H34N2S2. The van der Waals surface area contributed by atoms with Gasteiger partial charge < -0.3 is 9.47 Å². The summed E-state index contributed by atoms with van der Waals surface area (Å²) in [6, 6.07) is 75.8. The lowest BCUT2D eigenvalue weighted by Gasteiger charge is -2.30. The number of hydrogen-bond donors (Lipinski definition) is 0. The van der Waals surface area contributed by atoms with Crippen LogP contribution in [0, 0.1) is 0 Å². The van der Waals surface area contributed by atoms with Crippen LogP contribution < -0.4 is 4.90 Å². The summed E-state index contributed by atoms with van der Waals surface area (Å²) < 4.78 is 7.65. The molecule has 2 nitrogen and oxygen atoms in total. The van der Waals surface area contributed by atoms with E-state index in [1.54, 1.807) is 0 Å². The summed E-state index contributed by atoms with van der Waals surface area (Å²) >= 11 is 3.74. The molecule has 0 spiro atoms. The van der Waals surface area contributed by atoms with Crippen LogP contribution in [0.1, 0.15) is 0 Å². The fraction of sp³-hybridized carbons (Fsp3) is 0. The molecule has 0 radical (unpaired) electrons. The van der Waals surface area contributed by atoms with Crippen LogP contribution in [-0.4, -0.2) is 4.57 Å². The van der Waals surface area contributed by atoms with Gasteiger partial charge in [-0.25, -0.2) is 0 Å². The van der Waals surface area contributed by atoms with E-state index in [4.69, 9.17) is 0 Å². The van der Waals surface area contributed by atoms with E-state index >= 15 is 0 Å². The van der Waals surface area contributed by atoms with E-state index in [0.29, 0.717) is 0 Å². The lowest BCUT2D eigenvalue weighted by Crippen LogP contribution is -2.12. The third-order valence-corrected chi connectivity index (χ3v) is 14.0. The first kappa shape index (κ1) is 33.2. The van der Waals surface area contributed by atoms with E-state index in [1.807, 2.05) is 22.7 Å². The van der Waals surface area contributed by atoms with Gasteiger partial charge in [0.2, 0.25) is 0 Å². The number of aromatic nitrogens is 1. The Morgan fingerprint density at radius 2 is 0.931 bits per heavy atom. The zero-order valence-electron chi connectivity index (χ0n) is 31.3. The monoisotopic (exact) mass is 774 g/mol. The smallest absolute Gasteiger partial charge is 0.0561 e. The predicted molar refractivity (Wildman–Crippen MR) is 252 cm³/mol. The van der Waals surface area contributed by atoms with Crippen LogP contribution in [0.3, 0.4) is 0 Å². The first-order valence-electron chi connectivity index (χ1n) is 19.7. The highest BCUT2D eigenvalue weighted by molar-refractivity contribution is 7.26. The van der Waals surface area contributed by atoms with Crippen LogP contribution in [0.2, 0.25) is 0 Å². The number of anilines is 3. The van der Waals surface area contributed by atoms with Crippen molar-refractivity contribution in [1.29, 1.82) is 0 Å². The van der Waals surface area contributed by atoms with Gasteiger partial charge in [0.05, 0.1) is 22.4 Å². The summed E-state index contributed by atoms with van der Waals surface area (Å²) in [7, 11) is 0. The molecule has 272 valence electrons. The second-order valence-corrected chi connectivity index (χ2v) is 17.0. The minimum Gasteiger partial charge on any atom is -0.309 e. The Balaban J connectivity index is 1.15. The molecule has 12 aromatic rings. The number of nitrogens with zero attached hydrogens (tertiary/aromatic N) is 2. The van der Waals surface area contributed by atoms with Crippen molar-refractivity contribution in [3.63, 3.8) is 0 Å². The molecule has 3 aromatic heterocycles. The van der Waals surface area contributed by atoms with Crippen molar-refractivity contribution >= 4 is 102 Å². The average Bonchev–Trinajstić information content (AvgIpc) is 3.96. The molecule has 0 bridgehead atoms. The molecule has 3 heterocycles. The molecule has 58 heavy (non-hydrogen) atoms. The van der Waals surface area contributed by atoms with Gasteiger partial charge in [-0.3, -0.25) is 0 Å². The van der Waals surface area contributed by atoms with Crippen LogP contribution in [0.15, 0.2) is 206 Å². The fourth-order valence-corrected chi connectivity index (χ4v) is 11.3. The molecule has 9 aromatic carbocycles. The van der Waals surface area contributed by atoms with Gasteiger partial charge in [0, 0.05) is 79.2 Å². The Kier molecular flexibility index (Phi) is 7.62. The Morgan fingerprint density at radius 1 is 0.345 bits per heavy atom.